The van der Waals surface area contributed by atoms with Gasteiger partial charge < -0.3 is 18.9 Å². The van der Waals surface area contributed by atoms with E-state index in [2.05, 4.69) is 19.9 Å². The van der Waals surface area contributed by atoms with Gasteiger partial charge in [-0.1, -0.05) is 71.6 Å². The number of rotatable bonds is 23. The highest BCUT2D eigenvalue weighted by Gasteiger charge is 2.09. The predicted octanol–water partition coefficient (Wildman–Crippen LogP) is 7.37. The fraction of sp³-hybridized carbons (Fsp3) is 0.917. The Hall–Kier alpha value is -0.580. The van der Waals surface area contributed by atoms with Gasteiger partial charge in [-0.15, -0.1) is 0 Å². The van der Waals surface area contributed by atoms with Crippen molar-refractivity contribution in [1.82, 2.24) is 0 Å². The first kappa shape index (κ1) is 27.4. The van der Waals surface area contributed by atoms with E-state index in [-0.39, 0.29) is 6.29 Å². The lowest BCUT2D eigenvalue weighted by molar-refractivity contribution is -0.148. The highest BCUT2D eigenvalue weighted by molar-refractivity contribution is 4.72. The van der Waals surface area contributed by atoms with Crippen molar-refractivity contribution in [3.05, 3.63) is 12.3 Å². The molecule has 0 radical (unpaired) electrons. The van der Waals surface area contributed by atoms with Crippen molar-refractivity contribution in [2.75, 3.05) is 27.1 Å². The molecule has 0 aliphatic heterocycles. The summed E-state index contributed by atoms with van der Waals surface area (Å²) in [5.74, 6) is 0. The second kappa shape index (κ2) is 24.5. The maximum Gasteiger partial charge on any atom is 0.187 e. The first-order valence-electron chi connectivity index (χ1n) is 11.8. The normalized spacial score (nSPS) is 11.7. The fourth-order valence-corrected chi connectivity index (χ4v) is 3.05. The molecule has 4 nitrogen and oxygen atoms in total. The van der Waals surface area contributed by atoms with Crippen LogP contribution in [0.1, 0.15) is 110 Å². The maximum absolute atomic E-state index is 5.98. The molecule has 0 N–H and O–H groups in total. The Morgan fingerprint density at radius 1 is 0.679 bits per heavy atom. The van der Waals surface area contributed by atoms with Gasteiger partial charge in [0, 0.05) is 20.3 Å². The van der Waals surface area contributed by atoms with Crippen LogP contribution in [0, 0.1) is 0 Å². The molecule has 0 atom stereocenters. The molecule has 0 heterocycles. The third kappa shape index (κ3) is 21.7. The quantitative estimate of drug-likeness (QED) is 0.102. The monoisotopic (exact) mass is 400 g/mol. The van der Waals surface area contributed by atoms with Crippen LogP contribution < -0.4 is 0 Å². The van der Waals surface area contributed by atoms with Crippen LogP contribution in [0.3, 0.4) is 0 Å². The van der Waals surface area contributed by atoms with Gasteiger partial charge in [0.05, 0.1) is 6.26 Å². The maximum atomic E-state index is 5.98. The third-order valence-corrected chi connectivity index (χ3v) is 4.79. The van der Waals surface area contributed by atoms with Crippen molar-refractivity contribution < 1.29 is 18.9 Å². The number of methoxy groups -OCH3 is 1. The Balaban J connectivity index is 3.58. The van der Waals surface area contributed by atoms with Crippen LogP contribution in [0.4, 0.5) is 0 Å². The van der Waals surface area contributed by atoms with Gasteiger partial charge >= 0.3 is 0 Å². The molecule has 0 aromatic carbocycles. The van der Waals surface area contributed by atoms with Gasteiger partial charge in [-0.2, -0.15) is 0 Å². The van der Waals surface area contributed by atoms with Crippen LogP contribution in [0.5, 0.6) is 0 Å². The predicted molar refractivity (Wildman–Crippen MR) is 118 cm³/mol. The van der Waals surface area contributed by atoms with Crippen molar-refractivity contribution >= 4 is 0 Å². The smallest absolute Gasteiger partial charge is 0.187 e. The average molecular weight is 401 g/mol. The number of allylic oxidation sites excluding steroid dienone is 1. The molecule has 0 saturated carbocycles. The lowest BCUT2D eigenvalue weighted by Gasteiger charge is -2.18. The molecule has 0 aromatic rings. The highest BCUT2D eigenvalue weighted by atomic mass is 16.7. The van der Waals surface area contributed by atoms with Crippen molar-refractivity contribution in [2.24, 2.45) is 0 Å². The van der Waals surface area contributed by atoms with Crippen molar-refractivity contribution in [2.45, 2.75) is 116 Å². The molecule has 0 fully saturated rings. The largest absolute Gasteiger partial charge is 0.476 e. The summed E-state index contributed by atoms with van der Waals surface area (Å²) in [5, 5.41) is 0. The summed E-state index contributed by atoms with van der Waals surface area (Å²) in [4.78, 5) is 0. The van der Waals surface area contributed by atoms with Crippen LogP contribution in [-0.4, -0.2) is 33.4 Å². The van der Waals surface area contributed by atoms with Gasteiger partial charge in [-0.05, 0) is 44.6 Å². The van der Waals surface area contributed by atoms with Gasteiger partial charge in [-0.3, -0.25) is 0 Å². The summed E-state index contributed by atoms with van der Waals surface area (Å²) in [6.07, 6.45) is 22.3. The van der Waals surface area contributed by atoms with Crippen LogP contribution >= 0.6 is 0 Å². The Kier molecular flexibility index (Phi) is 24.0. The molecule has 4 heteroatoms. The number of ether oxygens (including phenoxy) is 4. The van der Waals surface area contributed by atoms with E-state index in [0.29, 0.717) is 6.79 Å². The van der Waals surface area contributed by atoms with E-state index in [0.717, 1.165) is 38.9 Å². The van der Waals surface area contributed by atoms with E-state index >= 15 is 0 Å². The number of hydrogen-bond donors (Lipinski definition) is 0. The molecule has 0 unspecified atom stereocenters. The Bertz CT molecular complexity index is 295. The Morgan fingerprint density at radius 3 is 1.82 bits per heavy atom. The Labute approximate surface area is 175 Å². The van der Waals surface area contributed by atoms with Crippen molar-refractivity contribution in [3.8, 4) is 0 Å². The van der Waals surface area contributed by atoms with Crippen LogP contribution in [0.25, 0.3) is 0 Å². The molecule has 28 heavy (non-hydrogen) atoms. The second-order valence-corrected chi connectivity index (χ2v) is 7.58. The van der Waals surface area contributed by atoms with Gasteiger partial charge in [0.1, 0.15) is 0 Å². The molecular weight excluding hydrogens is 352 g/mol. The number of unbranched alkanes of at least 4 members (excludes halogenated alkanes) is 11. The number of hydrogen-bond acceptors (Lipinski definition) is 4. The molecule has 0 saturated heterocycles. The zero-order chi connectivity index (χ0) is 20.5. The second-order valence-electron chi connectivity index (χ2n) is 7.58. The van der Waals surface area contributed by atoms with E-state index < -0.39 is 0 Å². The molecule has 0 aromatic heterocycles. The van der Waals surface area contributed by atoms with Crippen LogP contribution in [0.15, 0.2) is 12.3 Å². The van der Waals surface area contributed by atoms with Crippen LogP contribution in [-0.2, 0) is 18.9 Å². The standard InChI is InChI=1S/C24H48O4/c1-4-6-16-21-27-24(28-22-17-7-5-2)19-15-13-11-9-8-10-12-14-18-20-26-23-25-3/h18,20,24H,4-17,19,21-23H2,1-3H3. The molecule has 0 amide bonds. The van der Waals surface area contributed by atoms with Gasteiger partial charge in [0.2, 0.25) is 0 Å². The van der Waals surface area contributed by atoms with Crippen LogP contribution in [0.2, 0.25) is 0 Å². The summed E-state index contributed by atoms with van der Waals surface area (Å²) in [5.41, 5.74) is 0. The zero-order valence-corrected chi connectivity index (χ0v) is 19.1. The van der Waals surface area contributed by atoms with Gasteiger partial charge in [0.25, 0.3) is 0 Å². The topological polar surface area (TPSA) is 36.9 Å². The Morgan fingerprint density at radius 2 is 1.25 bits per heavy atom. The van der Waals surface area contributed by atoms with E-state index in [4.69, 9.17) is 18.9 Å². The lowest BCUT2D eigenvalue weighted by atomic mass is 10.1. The molecular formula is C24H48O4. The minimum absolute atomic E-state index is 0.0147. The van der Waals surface area contributed by atoms with E-state index in [9.17, 15) is 0 Å². The first-order chi connectivity index (χ1) is 13.8. The summed E-state index contributed by atoms with van der Waals surface area (Å²) in [6.45, 7) is 6.49. The third-order valence-electron chi connectivity index (χ3n) is 4.79. The average Bonchev–Trinajstić information content (AvgIpc) is 2.71. The molecule has 0 aliphatic carbocycles. The van der Waals surface area contributed by atoms with Crippen molar-refractivity contribution in [3.63, 3.8) is 0 Å². The van der Waals surface area contributed by atoms with Gasteiger partial charge in [-0.25, -0.2) is 0 Å². The summed E-state index contributed by atoms with van der Waals surface area (Å²) < 4.78 is 21.9. The lowest BCUT2D eigenvalue weighted by Crippen LogP contribution is -2.19. The summed E-state index contributed by atoms with van der Waals surface area (Å²) in [7, 11) is 1.63. The van der Waals surface area contributed by atoms with E-state index in [1.807, 2.05) is 0 Å². The fourth-order valence-electron chi connectivity index (χ4n) is 3.05. The molecule has 0 bridgehead atoms. The van der Waals surface area contributed by atoms with Crippen molar-refractivity contribution in [1.29, 1.82) is 0 Å². The summed E-state index contributed by atoms with van der Waals surface area (Å²) in [6, 6.07) is 0. The molecule has 0 spiro atoms. The highest BCUT2D eigenvalue weighted by Crippen LogP contribution is 2.14. The van der Waals surface area contributed by atoms with Gasteiger partial charge in [0.15, 0.2) is 13.1 Å². The minimum Gasteiger partial charge on any atom is -0.476 e. The first-order valence-corrected chi connectivity index (χ1v) is 11.8. The zero-order valence-electron chi connectivity index (χ0n) is 19.1. The molecule has 0 rings (SSSR count). The SMILES string of the molecule is CCCCCOC(CCCCCCCCCC=COCOC)OCCCCC. The molecule has 168 valence electrons. The minimum atomic E-state index is 0.0147. The summed E-state index contributed by atoms with van der Waals surface area (Å²) >= 11 is 0. The van der Waals surface area contributed by atoms with E-state index in [1.165, 1.54) is 70.6 Å². The molecule has 0 aliphatic rings. The van der Waals surface area contributed by atoms with E-state index in [1.54, 1.807) is 13.4 Å².